The van der Waals surface area contributed by atoms with Crippen molar-refractivity contribution in [1.29, 1.82) is 5.26 Å². The van der Waals surface area contributed by atoms with Crippen molar-refractivity contribution in [3.63, 3.8) is 0 Å². The van der Waals surface area contributed by atoms with E-state index in [1.165, 1.54) is 0 Å². The second kappa shape index (κ2) is 6.39. The first-order chi connectivity index (χ1) is 11.8. The second-order valence-corrected chi connectivity index (χ2v) is 5.58. The number of aromatic nitrogens is 3. The van der Waals surface area contributed by atoms with Crippen molar-refractivity contribution in [2.45, 2.75) is 25.6 Å². The third kappa shape index (κ3) is 2.87. The van der Waals surface area contributed by atoms with Crippen LogP contribution in [0, 0.1) is 11.3 Å². The van der Waals surface area contributed by atoms with Crippen molar-refractivity contribution in [3.05, 3.63) is 29.8 Å². The van der Waals surface area contributed by atoms with E-state index in [0.29, 0.717) is 23.8 Å². The topological polar surface area (TPSA) is 110 Å². The van der Waals surface area contributed by atoms with E-state index in [1.807, 2.05) is 6.07 Å². The van der Waals surface area contributed by atoms with Gasteiger partial charge in [-0.2, -0.15) is 10.2 Å². The van der Waals surface area contributed by atoms with E-state index >= 15 is 0 Å². The normalized spacial score (nSPS) is 15.6. The Morgan fingerprint density at radius 1 is 1.38 bits per heavy atom. The number of furan rings is 1. The second-order valence-electron chi connectivity index (χ2n) is 5.58. The van der Waals surface area contributed by atoms with Gasteiger partial charge >= 0.3 is 0 Å². The van der Waals surface area contributed by atoms with Gasteiger partial charge in [-0.15, -0.1) is 0 Å². The third-order valence-electron chi connectivity index (χ3n) is 3.95. The lowest BCUT2D eigenvalue weighted by Gasteiger charge is -2.22. The number of nitrogens with zero attached hydrogens (tertiary/aromatic N) is 4. The Kier molecular flexibility index (Phi) is 3.94. The predicted octanol–water partition coefficient (Wildman–Crippen LogP) is 2.02. The molecular weight excluding hydrogens is 310 g/mol. The van der Waals surface area contributed by atoms with Gasteiger partial charge in [-0.3, -0.25) is 0 Å². The third-order valence-corrected chi connectivity index (χ3v) is 3.95. The molecule has 0 spiro atoms. The standard InChI is InChI=1S/C16H15N5O3/c17-8-12-15-10(1-6-19-12)7-13(23-15)16-20-14(21-24-16)9-22-11-2-4-18-5-3-11/h1,6-7,11,18H,2-5,9H2. The van der Waals surface area contributed by atoms with Crippen LogP contribution in [-0.2, 0) is 11.3 Å². The minimum Gasteiger partial charge on any atom is -0.448 e. The summed E-state index contributed by atoms with van der Waals surface area (Å²) >= 11 is 0. The van der Waals surface area contributed by atoms with Crippen LogP contribution in [0.15, 0.2) is 27.3 Å². The summed E-state index contributed by atoms with van der Waals surface area (Å²) in [5.41, 5.74) is 0.647. The Morgan fingerprint density at radius 2 is 2.25 bits per heavy atom. The van der Waals surface area contributed by atoms with E-state index in [9.17, 15) is 0 Å². The highest BCUT2D eigenvalue weighted by Gasteiger charge is 2.18. The van der Waals surface area contributed by atoms with Gasteiger partial charge in [0.2, 0.25) is 0 Å². The highest BCUT2D eigenvalue weighted by atomic mass is 16.5. The summed E-state index contributed by atoms with van der Waals surface area (Å²) in [5.74, 6) is 1.15. The molecule has 24 heavy (non-hydrogen) atoms. The maximum atomic E-state index is 9.07. The zero-order chi connectivity index (χ0) is 16.4. The van der Waals surface area contributed by atoms with Crippen LogP contribution >= 0.6 is 0 Å². The van der Waals surface area contributed by atoms with Crippen molar-refractivity contribution < 1.29 is 13.7 Å². The summed E-state index contributed by atoms with van der Waals surface area (Å²) in [7, 11) is 0. The summed E-state index contributed by atoms with van der Waals surface area (Å²) in [4.78, 5) is 8.27. The monoisotopic (exact) mass is 325 g/mol. The van der Waals surface area contributed by atoms with Gasteiger partial charge in [-0.1, -0.05) is 5.16 Å². The lowest BCUT2D eigenvalue weighted by atomic mass is 10.1. The number of nitrogens with one attached hydrogen (secondary N) is 1. The van der Waals surface area contributed by atoms with E-state index < -0.39 is 0 Å². The fourth-order valence-electron chi connectivity index (χ4n) is 2.72. The molecule has 122 valence electrons. The maximum Gasteiger partial charge on any atom is 0.293 e. The van der Waals surface area contributed by atoms with E-state index in [4.69, 9.17) is 18.9 Å². The molecular formula is C16H15N5O3. The Hall–Kier alpha value is -2.76. The number of fused-ring (bicyclic) bond motifs is 1. The Labute approximate surface area is 137 Å². The van der Waals surface area contributed by atoms with Gasteiger partial charge in [-0.25, -0.2) is 4.98 Å². The van der Waals surface area contributed by atoms with Crippen molar-refractivity contribution in [3.8, 4) is 17.7 Å². The lowest BCUT2D eigenvalue weighted by molar-refractivity contribution is 0.0170. The van der Waals surface area contributed by atoms with Gasteiger partial charge in [0.25, 0.3) is 5.89 Å². The van der Waals surface area contributed by atoms with Crippen LogP contribution in [-0.4, -0.2) is 34.3 Å². The van der Waals surface area contributed by atoms with Crippen LogP contribution in [0.25, 0.3) is 22.6 Å². The molecule has 0 saturated carbocycles. The van der Waals surface area contributed by atoms with Crippen molar-refractivity contribution in [2.75, 3.05) is 13.1 Å². The first-order valence-electron chi connectivity index (χ1n) is 7.77. The van der Waals surface area contributed by atoms with Crippen LogP contribution in [0.2, 0.25) is 0 Å². The largest absolute Gasteiger partial charge is 0.448 e. The van der Waals surface area contributed by atoms with Gasteiger partial charge in [-0.05, 0) is 38.1 Å². The fraction of sp³-hybridized carbons (Fsp3) is 0.375. The summed E-state index contributed by atoms with van der Waals surface area (Å²) in [6.45, 7) is 2.24. The number of piperidine rings is 1. The van der Waals surface area contributed by atoms with E-state index in [0.717, 1.165) is 31.3 Å². The molecule has 4 heterocycles. The number of rotatable bonds is 4. The smallest absolute Gasteiger partial charge is 0.293 e. The number of hydrogen-bond donors (Lipinski definition) is 1. The number of nitriles is 1. The molecule has 4 rings (SSSR count). The lowest BCUT2D eigenvalue weighted by Crippen LogP contribution is -2.32. The number of pyridine rings is 1. The van der Waals surface area contributed by atoms with Crippen molar-refractivity contribution in [2.24, 2.45) is 0 Å². The summed E-state index contributed by atoms with van der Waals surface area (Å²) in [6, 6.07) is 5.52. The molecule has 1 N–H and O–H groups in total. The molecule has 0 aliphatic carbocycles. The summed E-state index contributed by atoms with van der Waals surface area (Å²) < 4.78 is 16.7. The molecule has 0 aromatic carbocycles. The SMILES string of the molecule is N#Cc1nccc2cc(-c3nc(COC4CCNCC4)no3)oc12. The summed E-state index contributed by atoms with van der Waals surface area (Å²) in [6.07, 6.45) is 3.76. The predicted molar refractivity (Wildman–Crippen MR) is 82.7 cm³/mol. The highest BCUT2D eigenvalue weighted by Crippen LogP contribution is 2.28. The van der Waals surface area contributed by atoms with E-state index in [2.05, 4.69) is 20.4 Å². The molecule has 0 bridgehead atoms. The fourth-order valence-corrected chi connectivity index (χ4v) is 2.72. The minimum absolute atomic E-state index is 0.226. The maximum absolute atomic E-state index is 9.07. The Bertz CT molecular complexity index is 889. The van der Waals surface area contributed by atoms with Crippen LogP contribution < -0.4 is 5.32 Å². The average Bonchev–Trinajstić information content (AvgIpc) is 3.27. The first kappa shape index (κ1) is 14.8. The van der Waals surface area contributed by atoms with Gasteiger partial charge in [0.1, 0.15) is 12.7 Å². The minimum atomic E-state index is 0.226. The molecule has 8 heteroatoms. The molecule has 8 nitrogen and oxygen atoms in total. The highest BCUT2D eigenvalue weighted by molar-refractivity contribution is 5.84. The van der Waals surface area contributed by atoms with Crippen LogP contribution in [0.1, 0.15) is 24.4 Å². The van der Waals surface area contributed by atoms with Gasteiger partial charge in [0.05, 0.1) is 6.10 Å². The van der Waals surface area contributed by atoms with Crippen LogP contribution in [0.3, 0.4) is 0 Å². The summed E-state index contributed by atoms with van der Waals surface area (Å²) in [5, 5.41) is 17.0. The molecule has 1 aliphatic heterocycles. The average molecular weight is 325 g/mol. The number of hydrogen-bond acceptors (Lipinski definition) is 8. The van der Waals surface area contributed by atoms with Crippen LogP contribution in [0.5, 0.6) is 0 Å². The molecule has 0 unspecified atom stereocenters. The first-order valence-corrected chi connectivity index (χ1v) is 7.77. The number of ether oxygens (including phenoxy) is 1. The molecule has 1 aliphatic rings. The van der Waals surface area contributed by atoms with Gasteiger partial charge in [0.15, 0.2) is 22.9 Å². The molecule has 0 atom stereocenters. The molecule has 3 aromatic heterocycles. The molecule has 1 saturated heterocycles. The van der Waals surface area contributed by atoms with Crippen LogP contribution in [0.4, 0.5) is 0 Å². The van der Waals surface area contributed by atoms with E-state index in [-0.39, 0.29) is 17.7 Å². The van der Waals surface area contributed by atoms with E-state index in [1.54, 1.807) is 18.3 Å². The zero-order valence-electron chi connectivity index (χ0n) is 12.9. The molecule has 0 radical (unpaired) electrons. The molecule has 0 amide bonds. The molecule has 1 fully saturated rings. The zero-order valence-corrected chi connectivity index (χ0v) is 12.9. The quantitative estimate of drug-likeness (QED) is 0.775. The molecule has 3 aromatic rings. The van der Waals surface area contributed by atoms with Gasteiger partial charge < -0.3 is 19.0 Å². The Balaban J connectivity index is 1.51. The Morgan fingerprint density at radius 3 is 3.08 bits per heavy atom. The van der Waals surface area contributed by atoms with Crippen molar-refractivity contribution in [1.82, 2.24) is 20.4 Å². The van der Waals surface area contributed by atoms with Gasteiger partial charge in [0, 0.05) is 11.6 Å². The van der Waals surface area contributed by atoms with Crippen molar-refractivity contribution >= 4 is 11.0 Å².